The highest BCUT2D eigenvalue weighted by molar-refractivity contribution is 6.31. The first-order chi connectivity index (χ1) is 14.5. The van der Waals surface area contributed by atoms with Gasteiger partial charge in [-0.2, -0.15) is 0 Å². The molecule has 3 heterocycles. The van der Waals surface area contributed by atoms with Gasteiger partial charge in [0, 0.05) is 34.2 Å². The topological polar surface area (TPSA) is 71.0 Å². The summed E-state index contributed by atoms with van der Waals surface area (Å²) in [5, 5.41) is 1.53. The summed E-state index contributed by atoms with van der Waals surface area (Å²) in [6.07, 6.45) is 3.59. The van der Waals surface area contributed by atoms with Crippen molar-refractivity contribution in [1.29, 1.82) is 0 Å². The third-order valence-electron chi connectivity index (χ3n) is 5.82. The maximum absolute atomic E-state index is 13.2. The number of benzene rings is 2. The number of para-hydroxylation sites is 1. The summed E-state index contributed by atoms with van der Waals surface area (Å²) in [5.41, 5.74) is 3.26. The van der Waals surface area contributed by atoms with E-state index in [0.717, 1.165) is 40.6 Å². The average Bonchev–Trinajstić information content (AvgIpc) is 3.44. The maximum Gasteiger partial charge on any atom is 0.243 e. The quantitative estimate of drug-likeness (QED) is 0.485. The summed E-state index contributed by atoms with van der Waals surface area (Å²) < 4.78 is 1.88. The number of imidazole rings is 1. The first-order valence-electron chi connectivity index (χ1n) is 10.0. The van der Waals surface area contributed by atoms with Crippen LogP contribution in [0.3, 0.4) is 0 Å². The number of likely N-dealkylation sites (tertiary alicyclic amines) is 1. The molecule has 6 nitrogen and oxygen atoms in total. The van der Waals surface area contributed by atoms with Gasteiger partial charge in [0.25, 0.3) is 0 Å². The lowest BCUT2D eigenvalue weighted by Crippen LogP contribution is -2.33. The minimum Gasteiger partial charge on any atom is -0.340 e. The number of carbonyl (C=O) groups is 2. The van der Waals surface area contributed by atoms with Crippen LogP contribution >= 0.6 is 11.6 Å². The molecule has 152 valence electrons. The Bertz CT molecular complexity index is 1290. The molecule has 1 fully saturated rings. The second-order valence-corrected chi connectivity index (χ2v) is 8.21. The van der Waals surface area contributed by atoms with Crippen molar-refractivity contribution in [2.24, 2.45) is 0 Å². The number of halogens is 1. The van der Waals surface area contributed by atoms with Gasteiger partial charge in [-0.3, -0.25) is 9.59 Å². The van der Waals surface area contributed by atoms with Gasteiger partial charge in [0.05, 0.1) is 17.1 Å². The largest absolute Gasteiger partial charge is 0.340 e. The van der Waals surface area contributed by atoms with Crippen molar-refractivity contribution in [2.45, 2.75) is 32.4 Å². The van der Waals surface area contributed by atoms with Crippen LogP contribution in [0.15, 0.2) is 48.7 Å². The molecule has 4 aromatic rings. The molecule has 5 rings (SSSR count). The smallest absolute Gasteiger partial charge is 0.243 e. The van der Waals surface area contributed by atoms with Crippen LogP contribution in [0.5, 0.6) is 0 Å². The second-order valence-electron chi connectivity index (χ2n) is 7.77. The van der Waals surface area contributed by atoms with E-state index in [1.807, 2.05) is 51.9 Å². The normalized spacial score (nSPS) is 16.6. The second kappa shape index (κ2) is 7.29. The lowest BCUT2D eigenvalue weighted by molar-refractivity contribution is -0.132. The zero-order valence-electron chi connectivity index (χ0n) is 16.6. The number of H-pyrrole nitrogens is 1. The summed E-state index contributed by atoms with van der Waals surface area (Å²) in [5.74, 6) is 0.809. The molecule has 30 heavy (non-hydrogen) atoms. The number of ketones is 1. The number of nitrogens with zero attached hydrogens (tertiary/aromatic N) is 3. The van der Waals surface area contributed by atoms with Crippen molar-refractivity contribution in [3.8, 4) is 0 Å². The first-order valence-corrected chi connectivity index (χ1v) is 10.4. The van der Waals surface area contributed by atoms with E-state index < -0.39 is 0 Å². The monoisotopic (exact) mass is 420 g/mol. The highest BCUT2D eigenvalue weighted by atomic mass is 35.5. The van der Waals surface area contributed by atoms with Crippen molar-refractivity contribution in [3.05, 3.63) is 65.1 Å². The van der Waals surface area contributed by atoms with E-state index in [4.69, 9.17) is 16.6 Å². The summed E-state index contributed by atoms with van der Waals surface area (Å²) in [6.45, 7) is 2.44. The number of aromatic amines is 1. The van der Waals surface area contributed by atoms with Gasteiger partial charge in [0.15, 0.2) is 5.78 Å². The fourth-order valence-electron chi connectivity index (χ4n) is 4.40. The molecule has 0 bridgehead atoms. The van der Waals surface area contributed by atoms with Gasteiger partial charge in [0.2, 0.25) is 5.91 Å². The predicted molar refractivity (Wildman–Crippen MR) is 117 cm³/mol. The highest BCUT2D eigenvalue weighted by Gasteiger charge is 2.32. The summed E-state index contributed by atoms with van der Waals surface area (Å²) in [4.78, 5) is 35.2. The lowest BCUT2D eigenvalue weighted by atomic mass is 10.1. The van der Waals surface area contributed by atoms with Crippen LogP contribution in [0.2, 0.25) is 5.02 Å². The van der Waals surface area contributed by atoms with Crippen LogP contribution < -0.4 is 0 Å². The molecule has 1 aliphatic heterocycles. The Balaban J connectivity index is 1.44. The van der Waals surface area contributed by atoms with Crippen molar-refractivity contribution in [2.75, 3.05) is 6.54 Å². The van der Waals surface area contributed by atoms with Crippen LogP contribution in [0.25, 0.3) is 21.9 Å². The number of fused-ring (bicyclic) bond motifs is 2. The number of hydrogen-bond donors (Lipinski definition) is 1. The lowest BCUT2D eigenvalue weighted by Gasteiger charge is -2.23. The van der Waals surface area contributed by atoms with Gasteiger partial charge in [-0.1, -0.05) is 29.8 Å². The summed E-state index contributed by atoms with van der Waals surface area (Å²) in [7, 11) is 0. The van der Waals surface area contributed by atoms with E-state index in [9.17, 15) is 9.59 Å². The molecule has 2 aromatic heterocycles. The molecule has 0 aliphatic carbocycles. The van der Waals surface area contributed by atoms with Crippen LogP contribution in [-0.4, -0.2) is 37.7 Å². The predicted octanol–water partition coefficient (Wildman–Crippen LogP) is 4.74. The number of aromatic nitrogens is 3. The Kier molecular flexibility index (Phi) is 4.59. The number of amides is 1. The van der Waals surface area contributed by atoms with Gasteiger partial charge in [-0.15, -0.1) is 0 Å². The van der Waals surface area contributed by atoms with E-state index >= 15 is 0 Å². The Labute approximate surface area is 178 Å². The minimum absolute atomic E-state index is 0.00242. The molecule has 2 aromatic carbocycles. The van der Waals surface area contributed by atoms with Crippen LogP contribution in [0, 0.1) is 0 Å². The van der Waals surface area contributed by atoms with Crippen molar-refractivity contribution >= 4 is 45.2 Å². The zero-order chi connectivity index (χ0) is 20.8. The van der Waals surface area contributed by atoms with E-state index in [2.05, 4.69) is 4.98 Å². The third-order valence-corrected chi connectivity index (χ3v) is 6.06. The van der Waals surface area contributed by atoms with Crippen LogP contribution in [0.4, 0.5) is 0 Å². The van der Waals surface area contributed by atoms with Gasteiger partial charge in [-0.25, -0.2) is 4.98 Å². The van der Waals surface area contributed by atoms with Crippen molar-refractivity contribution in [1.82, 2.24) is 19.4 Å². The zero-order valence-corrected chi connectivity index (χ0v) is 17.3. The van der Waals surface area contributed by atoms with Gasteiger partial charge in [-0.05, 0) is 44.0 Å². The first kappa shape index (κ1) is 18.9. The highest BCUT2D eigenvalue weighted by Crippen LogP contribution is 2.32. The number of Topliss-reactive ketones (excluding diaryl/α,β-unsaturated/α-hetero) is 1. The van der Waals surface area contributed by atoms with Crippen LogP contribution in [0.1, 0.15) is 42.0 Å². The molecule has 1 amide bonds. The number of rotatable bonds is 4. The summed E-state index contributed by atoms with van der Waals surface area (Å²) >= 11 is 6.09. The number of nitrogens with one attached hydrogen (secondary N) is 1. The fourth-order valence-corrected chi connectivity index (χ4v) is 4.58. The van der Waals surface area contributed by atoms with Crippen molar-refractivity contribution in [3.63, 3.8) is 0 Å². The SMILES string of the molecule is CC(=O)c1cn(CC(=O)N2CCC[C@H]2c2nc3ccc(Cl)cc3[nH]2)c2ccccc12. The Hall–Kier alpha value is -3.12. The van der Waals surface area contributed by atoms with E-state index in [-0.39, 0.29) is 24.3 Å². The molecule has 1 N–H and O–H groups in total. The molecular weight excluding hydrogens is 400 g/mol. The minimum atomic E-state index is -0.0854. The average molecular weight is 421 g/mol. The molecule has 0 radical (unpaired) electrons. The van der Waals surface area contributed by atoms with Crippen molar-refractivity contribution < 1.29 is 9.59 Å². The maximum atomic E-state index is 13.2. The standard InChI is InChI=1S/C23H21ClN4O2/c1-14(29)17-12-27(20-6-3-2-5-16(17)20)13-22(30)28-10-4-7-21(28)23-25-18-9-8-15(24)11-19(18)26-23/h2-3,5-6,8-9,11-12,21H,4,7,10,13H2,1H3,(H,25,26)/t21-/m0/s1. The molecule has 0 saturated carbocycles. The van der Waals surface area contributed by atoms with Gasteiger partial charge in [0.1, 0.15) is 12.4 Å². The third kappa shape index (κ3) is 3.17. The van der Waals surface area contributed by atoms with E-state index in [1.165, 1.54) is 0 Å². The number of hydrogen-bond acceptors (Lipinski definition) is 3. The molecule has 7 heteroatoms. The Morgan fingerprint density at radius 2 is 2.07 bits per heavy atom. The number of carbonyl (C=O) groups excluding carboxylic acids is 2. The molecule has 0 spiro atoms. The van der Waals surface area contributed by atoms with Crippen LogP contribution in [-0.2, 0) is 11.3 Å². The van der Waals surface area contributed by atoms with E-state index in [1.54, 1.807) is 13.1 Å². The molecular formula is C23H21ClN4O2. The molecule has 1 saturated heterocycles. The van der Waals surface area contributed by atoms with E-state index in [0.29, 0.717) is 17.1 Å². The Morgan fingerprint density at radius 1 is 1.23 bits per heavy atom. The molecule has 0 unspecified atom stereocenters. The molecule has 1 atom stereocenters. The summed E-state index contributed by atoms with van der Waals surface area (Å²) in [6, 6.07) is 13.2. The molecule has 1 aliphatic rings. The fraction of sp³-hybridized carbons (Fsp3) is 0.261. The Morgan fingerprint density at radius 3 is 2.90 bits per heavy atom. The van der Waals surface area contributed by atoms with Gasteiger partial charge >= 0.3 is 0 Å². The van der Waals surface area contributed by atoms with Gasteiger partial charge < -0.3 is 14.5 Å².